The Hall–Kier alpha value is -1.48. The van der Waals surface area contributed by atoms with Crippen LogP contribution in [0.1, 0.15) is 25.5 Å². The number of anilines is 1. The van der Waals surface area contributed by atoms with Crippen LogP contribution >= 0.6 is 11.6 Å². The Morgan fingerprint density at radius 3 is 2.75 bits per heavy atom. The van der Waals surface area contributed by atoms with Crippen molar-refractivity contribution in [3.8, 4) is 5.69 Å². The van der Waals surface area contributed by atoms with Gasteiger partial charge in [-0.3, -0.25) is 0 Å². The molecule has 4 heteroatoms. The van der Waals surface area contributed by atoms with Crippen LogP contribution in [0.2, 0.25) is 5.02 Å². The van der Waals surface area contributed by atoms with Crippen molar-refractivity contribution in [1.29, 1.82) is 0 Å². The molecule has 0 fully saturated rings. The second kappa shape index (κ2) is 4.18. The van der Waals surface area contributed by atoms with Crippen molar-refractivity contribution < 1.29 is 0 Å². The molecule has 1 aromatic carbocycles. The lowest BCUT2D eigenvalue weighted by atomic mass is 10.1. The van der Waals surface area contributed by atoms with Crippen LogP contribution in [-0.2, 0) is 0 Å². The van der Waals surface area contributed by atoms with Crippen LogP contribution in [0.25, 0.3) is 5.69 Å². The fraction of sp³-hybridized carbons (Fsp3) is 0.250. The molecule has 16 heavy (non-hydrogen) atoms. The SMILES string of the molecule is CC(C)c1c(N)cnn1-c1cccc(Cl)c1. The van der Waals surface area contributed by atoms with E-state index >= 15 is 0 Å². The maximum absolute atomic E-state index is 5.96. The number of aromatic nitrogens is 2. The second-order valence-corrected chi connectivity index (χ2v) is 4.47. The molecular formula is C12H14ClN3. The van der Waals surface area contributed by atoms with Gasteiger partial charge in [0.2, 0.25) is 0 Å². The third kappa shape index (κ3) is 1.91. The van der Waals surface area contributed by atoms with Gasteiger partial charge in [0.05, 0.1) is 23.3 Å². The molecule has 2 rings (SSSR count). The number of nitrogen functional groups attached to an aromatic ring is 1. The van der Waals surface area contributed by atoms with Crippen LogP contribution in [-0.4, -0.2) is 9.78 Å². The van der Waals surface area contributed by atoms with Crippen LogP contribution in [0.15, 0.2) is 30.5 Å². The molecule has 1 aromatic heterocycles. The van der Waals surface area contributed by atoms with Crippen molar-refractivity contribution in [3.63, 3.8) is 0 Å². The number of hydrogen-bond acceptors (Lipinski definition) is 2. The fourth-order valence-corrected chi connectivity index (χ4v) is 1.95. The maximum atomic E-state index is 5.96. The first-order valence-corrected chi connectivity index (χ1v) is 5.56. The highest BCUT2D eigenvalue weighted by molar-refractivity contribution is 6.30. The van der Waals surface area contributed by atoms with Crippen molar-refractivity contribution in [1.82, 2.24) is 9.78 Å². The first-order chi connectivity index (χ1) is 7.59. The molecule has 2 aromatic rings. The first-order valence-electron chi connectivity index (χ1n) is 5.19. The summed E-state index contributed by atoms with van der Waals surface area (Å²) in [6.07, 6.45) is 1.68. The van der Waals surface area contributed by atoms with E-state index in [0.29, 0.717) is 10.9 Å². The Bertz CT molecular complexity index is 503. The van der Waals surface area contributed by atoms with Crippen molar-refractivity contribution in [3.05, 3.63) is 41.2 Å². The number of hydrogen-bond donors (Lipinski definition) is 1. The summed E-state index contributed by atoms with van der Waals surface area (Å²) in [4.78, 5) is 0. The zero-order chi connectivity index (χ0) is 11.7. The highest BCUT2D eigenvalue weighted by atomic mass is 35.5. The number of benzene rings is 1. The van der Waals surface area contributed by atoms with E-state index in [1.165, 1.54) is 0 Å². The molecule has 0 radical (unpaired) electrons. The van der Waals surface area contributed by atoms with Crippen molar-refractivity contribution in [2.24, 2.45) is 0 Å². The minimum absolute atomic E-state index is 0.321. The molecule has 0 aliphatic carbocycles. The average molecular weight is 236 g/mol. The minimum Gasteiger partial charge on any atom is -0.396 e. The molecule has 2 N–H and O–H groups in total. The van der Waals surface area contributed by atoms with E-state index in [0.717, 1.165) is 17.1 Å². The van der Waals surface area contributed by atoms with Crippen LogP contribution in [0, 0.1) is 0 Å². The molecule has 3 nitrogen and oxygen atoms in total. The predicted octanol–water partition coefficient (Wildman–Crippen LogP) is 3.23. The Morgan fingerprint density at radius 2 is 2.12 bits per heavy atom. The third-order valence-electron chi connectivity index (χ3n) is 2.44. The summed E-state index contributed by atoms with van der Waals surface area (Å²) in [5.41, 5.74) is 8.57. The first kappa shape index (κ1) is 11.0. The summed E-state index contributed by atoms with van der Waals surface area (Å²) in [5, 5.41) is 4.98. The quantitative estimate of drug-likeness (QED) is 0.869. The van der Waals surface area contributed by atoms with E-state index < -0.39 is 0 Å². The van der Waals surface area contributed by atoms with Gasteiger partial charge in [-0.15, -0.1) is 0 Å². The topological polar surface area (TPSA) is 43.8 Å². The van der Waals surface area contributed by atoms with Gasteiger partial charge in [0.25, 0.3) is 0 Å². The zero-order valence-corrected chi connectivity index (χ0v) is 10.1. The monoisotopic (exact) mass is 235 g/mol. The lowest BCUT2D eigenvalue weighted by Crippen LogP contribution is -2.05. The van der Waals surface area contributed by atoms with Crippen molar-refractivity contribution in [2.45, 2.75) is 19.8 Å². The Kier molecular flexibility index (Phi) is 2.88. The minimum atomic E-state index is 0.321. The normalized spacial score (nSPS) is 11.0. The molecule has 0 saturated heterocycles. The van der Waals surface area contributed by atoms with Crippen LogP contribution < -0.4 is 5.73 Å². The van der Waals surface area contributed by atoms with Crippen molar-refractivity contribution in [2.75, 3.05) is 5.73 Å². The second-order valence-electron chi connectivity index (χ2n) is 4.03. The van der Waals surface area contributed by atoms with Gasteiger partial charge in [-0.1, -0.05) is 31.5 Å². The fourth-order valence-electron chi connectivity index (χ4n) is 1.76. The van der Waals surface area contributed by atoms with Gasteiger partial charge in [0.15, 0.2) is 0 Å². The Labute approximate surface area is 99.8 Å². The highest BCUT2D eigenvalue weighted by Crippen LogP contribution is 2.25. The number of rotatable bonds is 2. The lowest BCUT2D eigenvalue weighted by molar-refractivity contribution is 0.736. The number of nitrogens with zero attached hydrogens (tertiary/aromatic N) is 2. The van der Waals surface area contributed by atoms with Gasteiger partial charge in [-0.25, -0.2) is 4.68 Å². The maximum Gasteiger partial charge on any atom is 0.0740 e. The summed E-state index contributed by atoms with van der Waals surface area (Å²) in [6.45, 7) is 4.18. The number of nitrogens with two attached hydrogens (primary N) is 1. The molecule has 0 aliphatic rings. The van der Waals surface area contributed by atoms with Crippen molar-refractivity contribution >= 4 is 17.3 Å². The third-order valence-corrected chi connectivity index (χ3v) is 2.67. The van der Waals surface area contributed by atoms with Gasteiger partial charge in [0.1, 0.15) is 0 Å². The van der Waals surface area contributed by atoms with Gasteiger partial charge in [-0.2, -0.15) is 5.10 Å². The Balaban J connectivity index is 2.56. The van der Waals surface area contributed by atoms with Gasteiger partial charge in [-0.05, 0) is 24.1 Å². The molecule has 1 heterocycles. The average Bonchev–Trinajstić information content (AvgIpc) is 2.60. The van der Waals surface area contributed by atoms with Gasteiger partial charge < -0.3 is 5.73 Å². The summed E-state index contributed by atoms with van der Waals surface area (Å²) in [6, 6.07) is 7.58. The molecule has 0 amide bonds. The molecular weight excluding hydrogens is 222 g/mol. The zero-order valence-electron chi connectivity index (χ0n) is 9.31. The van der Waals surface area contributed by atoms with E-state index in [-0.39, 0.29) is 0 Å². The molecule has 0 bridgehead atoms. The van der Waals surface area contributed by atoms with Crippen LogP contribution in [0.3, 0.4) is 0 Å². The van der Waals surface area contributed by atoms with E-state index in [1.54, 1.807) is 6.20 Å². The molecule has 0 unspecified atom stereocenters. The largest absolute Gasteiger partial charge is 0.396 e. The van der Waals surface area contributed by atoms with Gasteiger partial charge in [0, 0.05) is 5.02 Å². The number of halogens is 1. The molecule has 0 aliphatic heterocycles. The molecule has 0 atom stereocenters. The summed E-state index contributed by atoms with van der Waals surface area (Å²) >= 11 is 5.96. The lowest BCUT2D eigenvalue weighted by Gasteiger charge is -2.11. The van der Waals surface area contributed by atoms with E-state index in [4.69, 9.17) is 17.3 Å². The van der Waals surface area contributed by atoms with Crippen LogP contribution in [0.5, 0.6) is 0 Å². The predicted molar refractivity (Wildman–Crippen MR) is 67.1 cm³/mol. The molecule has 84 valence electrons. The van der Waals surface area contributed by atoms with E-state index in [2.05, 4.69) is 18.9 Å². The van der Waals surface area contributed by atoms with Gasteiger partial charge >= 0.3 is 0 Å². The highest BCUT2D eigenvalue weighted by Gasteiger charge is 2.13. The smallest absolute Gasteiger partial charge is 0.0740 e. The summed E-state index contributed by atoms with van der Waals surface area (Å²) in [5.74, 6) is 0.321. The van der Waals surface area contributed by atoms with E-state index in [1.807, 2.05) is 28.9 Å². The summed E-state index contributed by atoms with van der Waals surface area (Å²) in [7, 11) is 0. The Morgan fingerprint density at radius 1 is 1.38 bits per heavy atom. The summed E-state index contributed by atoms with van der Waals surface area (Å²) < 4.78 is 1.84. The molecule has 0 saturated carbocycles. The molecule has 0 spiro atoms. The van der Waals surface area contributed by atoms with E-state index in [9.17, 15) is 0 Å². The standard InChI is InChI=1S/C12H14ClN3/c1-8(2)12-11(14)7-15-16(12)10-5-3-4-9(13)6-10/h3-8H,14H2,1-2H3. The van der Waals surface area contributed by atoms with Crippen LogP contribution in [0.4, 0.5) is 5.69 Å².